The normalized spacial score (nSPS) is 14.6. The van der Waals surface area contributed by atoms with Crippen molar-refractivity contribution in [1.29, 1.82) is 0 Å². The summed E-state index contributed by atoms with van der Waals surface area (Å²) in [6.45, 7) is 5.59. The number of ether oxygens (including phenoxy) is 1. The number of nitrogens with zero attached hydrogens (tertiary/aromatic N) is 3. The summed E-state index contributed by atoms with van der Waals surface area (Å²) >= 11 is 5.97. The van der Waals surface area contributed by atoms with Crippen molar-refractivity contribution in [3.05, 3.63) is 76.4 Å². The lowest BCUT2D eigenvalue weighted by Crippen LogP contribution is -2.38. The summed E-state index contributed by atoms with van der Waals surface area (Å²) in [5, 5.41) is 8.00. The third-order valence-corrected chi connectivity index (χ3v) is 6.51. The second kappa shape index (κ2) is 11.4. The van der Waals surface area contributed by atoms with Crippen LogP contribution in [0, 0.1) is 5.92 Å². The van der Waals surface area contributed by atoms with Gasteiger partial charge in [-0.3, -0.25) is 9.69 Å². The number of hydrogen-bond acceptors (Lipinski definition) is 6. The van der Waals surface area contributed by atoms with Gasteiger partial charge in [-0.15, -0.1) is 0 Å². The number of likely N-dealkylation sites (tertiary alicyclic amines) is 1. The zero-order valence-corrected chi connectivity index (χ0v) is 20.5. The van der Waals surface area contributed by atoms with Crippen LogP contribution in [0.15, 0.2) is 54.7 Å². The number of amides is 1. The second-order valence-corrected chi connectivity index (χ2v) is 9.12. The van der Waals surface area contributed by atoms with Gasteiger partial charge in [0.05, 0.1) is 18.5 Å². The average molecular weight is 496 g/mol. The monoisotopic (exact) mass is 495 g/mol. The first-order valence-electron chi connectivity index (χ1n) is 11.8. The first kappa shape index (κ1) is 24.8. The molecule has 1 fully saturated rings. The van der Waals surface area contributed by atoms with Crippen molar-refractivity contribution >= 4 is 29.3 Å². The summed E-state index contributed by atoms with van der Waals surface area (Å²) in [6, 6.07) is 15.0. The van der Waals surface area contributed by atoms with Crippen molar-refractivity contribution in [2.24, 2.45) is 5.92 Å². The lowest BCUT2D eigenvalue weighted by Gasteiger charge is -2.32. The van der Waals surface area contributed by atoms with Gasteiger partial charge < -0.3 is 15.8 Å². The summed E-state index contributed by atoms with van der Waals surface area (Å²) < 4.78 is 6.44. The van der Waals surface area contributed by atoms with Crippen LogP contribution in [-0.2, 0) is 11.3 Å². The van der Waals surface area contributed by atoms with Gasteiger partial charge in [0, 0.05) is 23.7 Å². The van der Waals surface area contributed by atoms with Gasteiger partial charge in [-0.1, -0.05) is 23.7 Å². The van der Waals surface area contributed by atoms with Crippen LogP contribution >= 0.6 is 11.6 Å². The van der Waals surface area contributed by atoms with E-state index in [1.54, 1.807) is 31.2 Å². The summed E-state index contributed by atoms with van der Waals surface area (Å²) in [4.78, 5) is 27.1. The SMILES string of the molecule is CCOC(=O)c1cnn(-c2ccc(C(=O)NCC3CCN(Cc4ccc(Cl)cc4)CC3)cc2)c1N. The van der Waals surface area contributed by atoms with E-state index in [1.165, 1.54) is 16.4 Å². The molecule has 8 nitrogen and oxygen atoms in total. The maximum absolute atomic E-state index is 12.7. The molecule has 0 radical (unpaired) electrons. The van der Waals surface area contributed by atoms with Gasteiger partial charge in [0.2, 0.25) is 0 Å². The zero-order chi connectivity index (χ0) is 24.8. The molecule has 0 saturated carbocycles. The van der Waals surface area contributed by atoms with E-state index in [0.717, 1.165) is 37.5 Å². The number of carbonyl (C=O) groups is 2. The quantitative estimate of drug-likeness (QED) is 0.459. The van der Waals surface area contributed by atoms with Crippen LogP contribution in [0.1, 0.15) is 46.0 Å². The van der Waals surface area contributed by atoms with E-state index in [1.807, 2.05) is 12.1 Å². The molecule has 1 aromatic heterocycles. The lowest BCUT2D eigenvalue weighted by molar-refractivity contribution is 0.0527. The van der Waals surface area contributed by atoms with Crippen LogP contribution in [0.3, 0.4) is 0 Å². The van der Waals surface area contributed by atoms with Gasteiger partial charge in [0.15, 0.2) is 0 Å². The van der Waals surface area contributed by atoms with Gasteiger partial charge in [-0.05, 0) is 80.7 Å². The number of piperidine rings is 1. The maximum atomic E-state index is 12.7. The molecule has 0 spiro atoms. The standard InChI is InChI=1S/C26H30ClN5O3/c1-2-35-26(34)23-16-30-32(24(23)28)22-9-5-20(6-10-22)25(33)29-15-18-11-13-31(14-12-18)17-19-3-7-21(27)8-4-19/h3-10,16,18H,2,11-15,17,28H2,1H3,(H,29,33). The molecule has 1 amide bonds. The molecule has 1 aliphatic rings. The van der Waals surface area contributed by atoms with Gasteiger partial charge >= 0.3 is 5.97 Å². The number of carbonyl (C=O) groups excluding carboxylic acids is 2. The van der Waals surface area contributed by atoms with Crippen molar-refractivity contribution in [2.45, 2.75) is 26.3 Å². The van der Waals surface area contributed by atoms with Crippen LogP contribution in [0.5, 0.6) is 0 Å². The largest absolute Gasteiger partial charge is 0.462 e. The lowest BCUT2D eigenvalue weighted by atomic mass is 9.96. The van der Waals surface area contributed by atoms with Crippen LogP contribution in [-0.4, -0.2) is 52.8 Å². The van der Waals surface area contributed by atoms with Crippen LogP contribution < -0.4 is 11.1 Å². The third kappa shape index (κ3) is 6.21. The van der Waals surface area contributed by atoms with Crippen molar-refractivity contribution in [3.8, 4) is 5.69 Å². The minimum absolute atomic E-state index is 0.110. The Bertz CT molecular complexity index is 1150. The number of esters is 1. The fourth-order valence-electron chi connectivity index (χ4n) is 4.22. The molecule has 4 rings (SSSR count). The van der Waals surface area contributed by atoms with Gasteiger partial charge in [0.1, 0.15) is 11.4 Å². The van der Waals surface area contributed by atoms with E-state index < -0.39 is 5.97 Å². The molecule has 2 heterocycles. The minimum Gasteiger partial charge on any atom is -0.462 e. The molecular weight excluding hydrogens is 466 g/mol. The highest BCUT2D eigenvalue weighted by atomic mass is 35.5. The molecule has 3 aromatic rings. The molecule has 1 aliphatic heterocycles. The molecule has 1 saturated heterocycles. The highest BCUT2D eigenvalue weighted by molar-refractivity contribution is 6.30. The Morgan fingerprint density at radius 2 is 1.80 bits per heavy atom. The maximum Gasteiger partial charge on any atom is 0.343 e. The number of nitrogens with two attached hydrogens (primary N) is 1. The van der Waals surface area contributed by atoms with E-state index in [2.05, 4.69) is 27.4 Å². The van der Waals surface area contributed by atoms with Crippen LogP contribution in [0.4, 0.5) is 5.82 Å². The molecule has 0 unspecified atom stereocenters. The Labute approximate surface area is 210 Å². The fraction of sp³-hybridized carbons (Fsp3) is 0.346. The molecule has 0 bridgehead atoms. The molecular formula is C26H30ClN5O3. The van der Waals surface area contributed by atoms with Gasteiger partial charge in [-0.25, -0.2) is 9.48 Å². The minimum atomic E-state index is -0.511. The second-order valence-electron chi connectivity index (χ2n) is 8.68. The Morgan fingerprint density at radius 3 is 2.46 bits per heavy atom. The summed E-state index contributed by atoms with van der Waals surface area (Å²) in [7, 11) is 0. The predicted octanol–water partition coefficient (Wildman–Crippen LogP) is 3.93. The van der Waals surface area contributed by atoms with E-state index in [0.29, 0.717) is 23.7 Å². The number of nitrogens with one attached hydrogen (secondary N) is 1. The Kier molecular flexibility index (Phi) is 8.05. The topological polar surface area (TPSA) is 102 Å². The molecule has 3 N–H and O–H groups in total. The smallest absolute Gasteiger partial charge is 0.343 e. The Balaban J connectivity index is 1.26. The summed E-state index contributed by atoms with van der Waals surface area (Å²) in [5.41, 5.74) is 8.76. The average Bonchev–Trinajstić information content (AvgIpc) is 3.26. The molecule has 9 heteroatoms. The van der Waals surface area contributed by atoms with Gasteiger partial charge in [-0.2, -0.15) is 5.10 Å². The first-order valence-corrected chi connectivity index (χ1v) is 12.2. The first-order chi connectivity index (χ1) is 16.9. The van der Waals surface area contributed by atoms with Crippen molar-refractivity contribution in [1.82, 2.24) is 20.0 Å². The number of aromatic nitrogens is 2. The Morgan fingerprint density at radius 1 is 1.11 bits per heavy atom. The number of rotatable bonds is 8. The number of benzene rings is 2. The summed E-state index contributed by atoms with van der Waals surface area (Å²) in [5.74, 6) is 0.0387. The van der Waals surface area contributed by atoms with Crippen molar-refractivity contribution in [2.75, 3.05) is 32.0 Å². The number of nitrogen functional groups attached to an aromatic ring is 1. The van der Waals surface area contributed by atoms with Crippen molar-refractivity contribution in [3.63, 3.8) is 0 Å². The summed E-state index contributed by atoms with van der Waals surface area (Å²) in [6.07, 6.45) is 3.48. The highest BCUT2D eigenvalue weighted by Gasteiger charge is 2.21. The van der Waals surface area contributed by atoms with E-state index in [-0.39, 0.29) is 23.9 Å². The third-order valence-electron chi connectivity index (χ3n) is 6.25. The van der Waals surface area contributed by atoms with E-state index >= 15 is 0 Å². The van der Waals surface area contributed by atoms with Crippen molar-refractivity contribution < 1.29 is 14.3 Å². The van der Waals surface area contributed by atoms with E-state index in [9.17, 15) is 9.59 Å². The highest BCUT2D eigenvalue weighted by Crippen LogP contribution is 2.21. The zero-order valence-electron chi connectivity index (χ0n) is 19.7. The number of anilines is 1. The fourth-order valence-corrected chi connectivity index (χ4v) is 4.35. The molecule has 0 aliphatic carbocycles. The molecule has 35 heavy (non-hydrogen) atoms. The number of hydrogen-bond donors (Lipinski definition) is 2. The van der Waals surface area contributed by atoms with E-state index in [4.69, 9.17) is 22.1 Å². The number of halogens is 1. The predicted molar refractivity (Wildman–Crippen MR) is 136 cm³/mol. The van der Waals surface area contributed by atoms with Gasteiger partial charge in [0.25, 0.3) is 5.91 Å². The van der Waals surface area contributed by atoms with Crippen LogP contribution in [0.25, 0.3) is 5.69 Å². The molecule has 0 atom stereocenters. The molecule has 2 aromatic carbocycles. The van der Waals surface area contributed by atoms with Crippen LogP contribution in [0.2, 0.25) is 5.02 Å². The molecule has 184 valence electrons. The Hall–Kier alpha value is -3.36.